The van der Waals surface area contributed by atoms with Gasteiger partial charge in [0.05, 0.1) is 12.1 Å². The van der Waals surface area contributed by atoms with E-state index in [9.17, 15) is 14.0 Å². The maximum atomic E-state index is 13.0. The van der Waals surface area contributed by atoms with Crippen LogP contribution in [0.1, 0.15) is 5.56 Å². The van der Waals surface area contributed by atoms with Gasteiger partial charge in [0, 0.05) is 11.8 Å². The van der Waals surface area contributed by atoms with Crippen molar-refractivity contribution in [2.45, 2.75) is 0 Å². The van der Waals surface area contributed by atoms with E-state index >= 15 is 0 Å². The van der Waals surface area contributed by atoms with Crippen molar-refractivity contribution in [3.05, 3.63) is 64.9 Å². The Bertz CT molecular complexity index is 790. The summed E-state index contributed by atoms with van der Waals surface area (Å²) in [5, 5.41) is 2.33. The van der Waals surface area contributed by atoms with E-state index in [1.807, 2.05) is 0 Å². The number of carbonyl (C=O) groups is 2. The monoisotopic (exact) mass is 363 g/mol. The second-order valence-electron chi connectivity index (χ2n) is 4.89. The topological polar surface area (TPSA) is 64.6 Å². The minimum absolute atomic E-state index is 0.114. The second-order valence-corrected chi connectivity index (χ2v) is 5.30. The lowest BCUT2D eigenvalue weighted by atomic mass is 10.2. The first kappa shape index (κ1) is 18.5. The van der Waals surface area contributed by atoms with Crippen molar-refractivity contribution in [1.29, 1.82) is 0 Å². The molecule has 0 saturated carbocycles. The molecule has 0 saturated heterocycles. The molecule has 5 nitrogen and oxygen atoms in total. The first-order valence-electron chi connectivity index (χ1n) is 7.22. The van der Waals surface area contributed by atoms with E-state index < -0.39 is 24.3 Å². The van der Waals surface area contributed by atoms with Gasteiger partial charge in [-0.25, -0.2) is 9.18 Å². The summed E-state index contributed by atoms with van der Waals surface area (Å²) in [6, 6.07) is 10.8. The van der Waals surface area contributed by atoms with Crippen LogP contribution in [0.5, 0.6) is 5.75 Å². The van der Waals surface area contributed by atoms with Gasteiger partial charge in [0.2, 0.25) is 0 Å². The first-order chi connectivity index (χ1) is 12.0. The lowest BCUT2D eigenvalue weighted by Crippen LogP contribution is -2.20. The van der Waals surface area contributed by atoms with Crippen LogP contribution < -0.4 is 10.1 Å². The zero-order valence-electron chi connectivity index (χ0n) is 13.3. The molecule has 0 unspecified atom stereocenters. The number of esters is 1. The van der Waals surface area contributed by atoms with E-state index in [-0.39, 0.29) is 5.02 Å². The molecule has 0 aromatic heterocycles. The molecule has 7 heteroatoms. The first-order valence-corrected chi connectivity index (χ1v) is 7.59. The molecule has 130 valence electrons. The van der Waals surface area contributed by atoms with Gasteiger partial charge in [-0.3, -0.25) is 4.79 Å². The third-order valence-electron chi connectivity index (χ3n) is 3.08. The summed E-state index contributed by atoms with van der Waals surface area (Å²) in [6.45, 7) is -0.471. The van der Waals surface area contributed by atoms with Crippen LogP contribution in [0, 0.1) is 5.82 Å². The Morgan fingerprint density at radius 2 is 1.92 bits per heavy atom. The summed E-state index contributed by atoms with van der Waals surface area (Å²) in [5.74, 6) is -1.11. The Morgan fingerprint density at radius 3 is 2.56 bits per heavy atom. The highest BCUT2D eigenvalue weighted by molar-refractivity contribution is 6.31. The second kappa shape index (κ2) is 8.84. The van der Waals surface area contributed by atoms with Crippen LogP contribution in [0.2, 0.25) is 5.02 Å². The fourth-order valence-electron chi connectivity index (χ4n) is 1.84. The summed E-state index contributed by atoms with van der Waals surface area (Å²) in [7, 11) is 1.56. The van der Waals surface area contributed by atoms with Gasteiger partial charge >= 0.3 is 5.97 Å². The van der Waals surface area contributed by atoms with Gasteiger partial charge in [-0.05, 0) is 42.0 Å². The molecule has 0 heterocycles. The number of carbonyl (C=O) groups excluding carboxylic acids is 2. The van der Waals surface area contributed by atoms with Crippen molar-refractivity contribution >= 4 is 35.2 Å². The largest absolute Gasteiger partial charge is 0.497 e. The van der Waals surface area contributed by atoms with Gasteiger partial charge in [0.1, 0.15) is 11.6 Å². The molecule has 0 aliphatic carbocycles. The van der Waals surface area contributed by atoms with Crippen molar-refractivity contribution in [2.75, 3.05) is 19.0 Å². The SMILES string of the molecule is COc1ccc(/C=C/C(=O)OCC(=O)Nc2ccc(F)c(Cl)c2)cc1. The summed E-state index contributed by atoms with van der Waals surface area (Å²) in [6.07, 6.45) is 2.77. The Hall–Kier alpha value is -2.86. The Kier molecular flexibility index (Phi) is 6.54. The Morgan fingerprint density at radius 1 is 1.20 bits per heavy atom. The molecule has 2 rings (SSSR count). The van der Waals surface area contributed by atoms with Gasteiger partial charge in [0.25, 0.3) is 5.91 Å². The molecule has 0 radical (unpaired) electrons. The van der Waals surface area contributed by atoms with Crippen molar-refractivity contribution < 1.29 is 23.5 Å². The predicted molar refractivity (Wildman–Crippen MR) is 93.0 cm³/mol. The van der Waals surface area contributed by atoms with E-state index in [0.717, 1.165) is 11.6 Å². The van der Waals surface area contributed by atoms with Crippen LogP contribution in [-0.4, -0.2) is 25.6 Å². The van der Waals surface area contributed by atoms with E-state index in [2.05, 4.69) is 5.32 Å². The van der Waals surface area contributed by atoms with Gasteiger partial charge in [0.15, 0.2) is 6.61 Å². The number of hydrogen-bond acceptors (Lipinski definition) is 4. The average molecular weight is 364 g/mol. The summed E-state index contributed by atoms with van der Waals surface area (Å²) in [4.78, 5) is 23.3. The standard InChI is InChI=1S/C18H15ClFNO4/c1-24-14-6-2-12(3-7-14)4-9-18(23)25-11-17(22)21-13-5-8-16(20)15(19)10-13/h2-10H,11H2,1H3,(H,21,22)/b9-4+. The molecule has 0 bridgehead atoms. The third kappa shape index (κ3) is 5.93. The maximum Gasteiger partial charge on any atom is 0.331 e. The zero-order chi connectivity index (χ0) is 18.2. The van der Waals surface area contributed by atoms with E-state index in [1.165, 1.54) is 18.2 Å². The number of benzene rings is 2. The van der Waals surface area contributed by atoms with Crippen LogP contribution in [0.4, 0.5) is 10.1 Å². The summed E-state index contributed by atoms with van der Waals surface area (Å²) in [5.41, 5.74) is 1.09. The van der Waals surface area contributed by atoms with Gasteiger partial charge in [-0.2, -0.15) is 0 Å². The van der Waals surface area contributed by atoms with Gasteiger partial charge < -0.3 is 14.8 Å². The Balaban J connectivity index is 1.81. The minimum atomic E-state index is -0.664. The maximum absolute atomic E-state index is 13.0. The lowest BCUT2D eigenvalue weighted by molar-refractivity contribution is -0.142. The summed E-state index contributed by atoms with van der Waals surface area (Å²) >= 11 is 5.61. The lowest BCUT2D eigenvalue weighted by Gasteiger charge is -2.06. The van der Waals surface area contributed by atoms with Crippen LogP contribution >= 0.6 is 11.6 Å². The van der Waals surface area contributed by atoms with E-state index in [1.54, 1.807) is 37.5 Å². The zero-order valence-corrected chi connectivity index (χ0v) is 14.0. The fraction of sp³-hybridized carbons (Fsp3) is 0.111. The molecule has 0 aliphatic heterocycles. The average Bonchev–Trinajstić information content (AvgIpc) is 2.61. The number of nitrogens with one attached hydrogen (secondary N) is 1. The highest BCUT2D eigenvalue weighted by Gasteiger charge is 2.07. The number of anilines is 1. The molecular weight excluding hydrogens is 349 g/mol. The molecule has 0 spiro atoms. The molecule has 2 aromatic carbocycles. The number of hydrogen-bond donors (Lipinski definition) is 1. The molecule has 25 heavy (non-hydrogen) atoms. The van der Waals surface area contributed by atoms with Crippen molar-refractivity contribution in [1.82, 2.24) is 0 Å². The van der Waals surface area contributed by atoms with Crippen LogP contribution in [-0.2, 0) is 14.3 Å². The number of methoxy groups -OCH3 is 1. The summed E-state index contributed by atoms with van der Waals surface area (Å²) < 4.78 is 22.9. The quantitative estimate of drug-likeness (QED) is 0.628. The van der Waals surface area contributed by atoms with E-state index in [4.69, 9.17) is 21.1 Å². The smallest absolute Gasteiger partial charge is 0.331 e. The molecular formula is C18H15ClFNO4. The van der Waals surface area contributed by atoms with Crippen molar-refractivity contribution in [2.24, 2.45) is 0 Å². The minimum Gasteiger partial charge on any atom is -0.497 e. The molecule has 0 fully saturated rings. The number of rotatable bonds is 6. The normalized spacial score (nSPS) is 10.5. The molecule has 1 N–H and O–H groups in total. The Labute approximate surface area is 149 Å². The van der Waals surface area contributed by atoms with Crippen molar-refractivity contribution in [3.8, 4) is 5.75 Å². The van der Waals surface area contributed by atoms with Gasteiger partial charge in [-0.15, -0.1) is 0 Å². The van der Waals surface area contributed by atoms with Crippen LogP contribution in [0.3, 0.4) is 0 Å². The number of halogens is 2. The number of ether oxygens (including phenoxy) is 2. The van der Waals surface area contributed by atoms with E-state index in [0.29, 0.717) is 11.4 Å². The molecule has 0 atom stereocenters. The van der Waals surface area contributed by atoms with Gasteiger partial charge in [-0.1, -0.05) is 23.7 Å². The number of amides is 1. The van der Waals surface area contributed by atoms with Crippen LogP contribution in [0.15, 0.2) is 48.5 Å². The molecule has 2 aromatic rings. The predicted octanol–water partition coefficient (Wildman–Crippen LogP) is 3.68. The third-order valence-corrected chi connectivity index (χ3v) is 3.37. The molecule has 1 amide bonds. The highest BCUT2D eigenvalue weighted by Crippen LogP contribution is 2.19. The van der Waals surface area contributed by atoms with Crippen molar-refractivity contribution in [3.63, 3.8) is 0 Å². The molecule has 0 aliphatic rings. The van der Waals surface area contributed by atoms with Crippen LogP contribution in [0.25, 0.3) is 6.08 Å². The highest BCUT2D eigenvalue weighted by atomic mass is 35.5. The fourth-order valence-corrected chi connectivity index (χ4v) is 2.02.